The lowest BCUT2D eigenvalue weighted by Gasteiger charge is -2.05. The van der Waals surface area contributed by atoms with Gasteiger partial charge in [0.25, 0.3) is 0 Å². The molecule has 14 heavy (non-hydrogen) atoms. The van der Waals surface area contributed by atoms with Gasteiger partial charge in [-0.15, -0.1) is 0 Å². The number of halogens is 1. The summed E-state index contributed by atoms with van der Waals surface area (Å²) in [7, 11) is 1.53. The lowest BCUT2D eigenvalue weighted by molar-refractivity contribution is 0.418. The molecule has 2 heterocycles. The van der Waals surface area contributed by atoms with Gasteiger partial charge in [0, 0.05) is 6.07 Å². The van der Waals surface area contributed by atoms with Crippen molar-refractivity contribution in [2.75, 3.05) is 12.8 Å². The molecule has 0 saturated carbocycles. The molecule has 0 aliphatic carbocycles. The topological polar surface area (TPSA) is 73.9 Å². The number of rotatable bonds is 1. The highest BCUT2D eigenvalue weighted by Gasteiger charge is 2.09. The number of aromatic nitrogens is 3. The van der Waals surface area contributed by atoms with Gasteiger partial charge in [-0.2, -0.15) is 0 Å². The second-order valence-corrected chi connectivity index (χ2v) is 2.99. The molecule has 6 heteroatoms. The standard InChI is InChI=1S/C8H7ClN4O/c1-14-4-2-5(9)13-7-6(4)11-3-12-8(7)10/h2-3H,1H3,(H2,10,11,12). The number of nitrogens with zero attached hydrogens (tertiary/aromatic N) is 3. The monoisotopic (exact) mass is 210 g/mol. The van der Waals surface area contributed by atoms with Crippen molar-refractivity contribution in [3.8, 4) is 5.75 Å². The lowest BCUT2D eigenvalue weighted by atomic mass is 10.3. The maximum atomic E-state index is 5.77. The molecule has 0 aliphatic rings. The van der Waals surface area contributed by atoms with Gasteiger partial charge in [-0.3, -0.25) is 0 Å². The van der Waals surface area contributed by atoms with E-state index >= 15 is 0 Å². The first-order chi connectivity index (χ1) is 6.72. The van der Waals surface area contributed by atoms with E-state index in [1.165, 1.54) is 13.4 Å². The Morgan fingerprint density at radius 2 is 2.14 bits per heavy atom. The zero-order chi connectivity index (χ0) is 10.1. The van der Waals surface area contributed by atoms with Crippen molar-refractivity contribution >= 4 is 28.5 Å². The van der Waals surface area contributed by atoms with E-state index in [1.807, 2.05) is 0 Å². The van der Waals surface area contributed by atoms with Crippen LogP contribution in [0.2, 0.25) is 5.15 Å². The summed E-state index contributed by atoms with van der Waals surface area (Å²) in [5.41, 5.74) is 6.64. The average Bonchev–Trinajstić information content (AvgIpc) is 2.18. The predicted molar refractivity (Wildman–Crippen MR) is 53.3 cm³/mol. The van der Waals surface area contributed by atoms with Crippen LogP contribution < -0.4 is 10.5 Å². The maximum Gasteiger partial charge on any atom is 0.153 e. The van der Waals surface area contributed by atoms with Crippen LogP contribution in [0.25, 0.3) is 11.0 Å². The smallest absolute Gasteiger partial charge is 0.153 e. The zero-order valence-electron chi connectivity index (χ0n) is 7.36. The van der Waals surface area contributed by atoms with Crippen LogP contribution in [0.4, 0.5) is 5.82 Å². The highest BCUT2D eigenvalue weighted by molar-refractivity contribution is 6.30. The molecule has 0 bridgehead atoms. The van der Waals surface area contributed by atoms with E-state index in [0.29, 0.717) is 21.9 Å². The number of nitrogens with two attached hydrogens (primary N) is 1. The summed E-state index contributed by atoms with van der Waals surface area (Å²) in [4.78, 5) is 11.8. The van der Waals surface area contributed by atoms with Gasteiger partial charge in [-0.05, 0) is 0 Å². The van der Waals surface area contributed by atoms with Gasteiger partial charge >= 0.3 is 0 Å². The van der Waals surface area contributed by atoms with Gasteiger partial charge < -0.3 is 10.5 Å². The largest absolute Gasteiger partial charge is 0.494 e. The number of methoxy groups -OCH3 is 1. The molecule has 0 fully saturated rings. The third kappa shape index (κ3) is 1.31. The van der Waals surface area contributed by atoms with Crippen molar-refractivity contribution in [2.45, 2.75) is 0 Å². The fraction of sp³-hybridized carbons (Fsp3) is 0.125. The molecule has 2 N–H and O–H groups in total. The number of nitrogen functional groups attached to an aromatic ring is 1. The summed E-state index contributed by atoms with van der Waals surface area (Å²) in [6, 6.07) is 1.58. The van der Waals surface area contributed by atoms with Crippen LogP contribution in [0.5, 0.6) is 5.75 Å². The molecule has 0 saturated heterocycles. The predicted octanol–water partition coefficient (Wildman–Crippen LogP) is 1.27. The summed E-state index contributed by atoms with van der Waals surface area (Å²) >= 11 is 5.77. The first-order valence-electron chi connectivity index (χ1n) is 3.83. The Kier molecular flexibility index (Phi) is 2.09. The maximum absolute atomic E-state index is 5.77. The van der Waals surface area contributed by atoms with E-state index in [4.69, 9.17) is 22.1 Å². The van der Waals surface area contributed by atoms with Crippen LogP contribution in [0.15, 0.2) is 12.4 Å². The highest BCUT2D eigenvalue weighted by atomic mass is 35.5. The van der Waals surface area contributed by atoms with E-state index in [2.05, 4.69) is 15.0 Å². The van der Waals surface area contributed by atoms with E-state index in [9.17, 15) is 0 Å². The molecule has 0 aliphatic heterocycles. The summed E-state index contributed by atoms with van der Waals surface area (Å²) in [6.45, 7) is 0. The average molecular weight is 211 g/mol. The van der Waals surface area contributed by atoms with E-state index < -0.39 is 0 Å². The van der Waals surface area contributed by atoms with Crippen LogP contribution in [0.1, 0.15) is 0 Å². The quantitative estimate of drug-likeness (QED) is 0.718. The molecule has 2 rings (SSSR count). The highest BCUT2D eigenvalue weighted by Crippen LogP contribution is 2.27. The first kappa shape index (κ1) is 8.96. The summed E-state index contributed by atoms with van der Waals surface area (Å²) in [6.07, 6.45) is 1.36. The Labute approximate surface area is 84.9 Å². The van der Waals surface area contributed by atoms with Crippen LogP contribution >= 0.6 is 11.6 Å². The molecule has 0 unspecified atom stereocenters. The third-order valence-corrected chi connectivity index (χ3v) is 1.97. The van der Waals surface area contributed by atoms with Crippen LogP contribution in [0.3, 0.4) is 0 Å². The van der Waals surface area contributed by atoms with Crippen molar-refractivity contribution in [1.29, 1.82) is 0 Å². The van der Waals surface area contributed by atoms with Crippen molar-refractivity contribution in [3.63, 3.8) is 0 Å². The minimum absolute atomic E-state index is 0.288. The third-order valence-electron chi connectivity index (χ3n) is 1.77. The minimum atomic E-state index is 0.288. The van der Waals surface area contributed by atoms with Crippen LogP contribution in [0, 0.1) is 0 Å². The molecule has 0 radical (unpaired) electrons. The normalized spacial score (nSPS) is 10.4. The van der Waals surface area contributed by atoms with Gasteiger partial charge in [-0.1, -0.05) is 11.6 Å². The Morgan fingerprint density at radius 3 is 2.86 bits per heavy atom. The fourth-order valence-electron chi connectivity index (χ4n) is 1.15. The van der Waals surface area contributed by atoms with E-state index in [1.54, 1.807) is 6.07 Å². The molecular formula is C8H7ClN4O. The minimum Gasteiger partial charge on any atom is -0.494 e. The van der Waals surface area contributed by atoms with Crippen molar-refractivity contribution in [2.24, 2.45) is 0 Å². The SMILES string of the molecule is COc1cc(Cl)nc2c(N)ncnc12. The lowest BCUT2D eigenvalue weighted by Crippen LogP contribution is -1.97. The van der Waals surface area contributed by atoms with Gasteiger partial charge in [0.2, 0.25) is 0 Å². The summed E-state index contributed by atoms with van der Waals surface area (Å²) < 4.78 is 5.09. The summed E-state index contributed by atoms with van der Waals surface area (Å²) in [5.74, 6) is 0.824. The Morgan fingerprint density at radius 1 is 1.36 bits per heavy atom. The van der Waals surface area contributed by atoms with Crippen molar-refractivity contribution in [1.82, 2.24) is 15.0 Å². The number of fused-ring (bicyclic) bond motifs is 1. The number of pyridine rings is 1. The van der Waals surface area contributed by atoms with Gasteiger partial charge in [0.1, 0.15) is 28.3 Å². The van der Waals surface area contributed by atoms with Crippen LogP contribution in [-0.4, -0.2) is 22.1 Å². The molecule has 2 aromatic heterocycles. The van der Waals surface area contributed by atoms with Gasteiger partial charge in [0.15, 0.2) is 5.82 Å². The Hall–Kier alpha value is -1.62. The first-order valence-corrected chi connectivity index (χ1v) is 4.21. The molecule has 0 spiro atoms. The second-order valence-electron chi connectivity index (χ2n) is 2.60. The number of anilines is 1. The molecule has 0 atom stereocenters. The van der Waals surface area contributed by atoms with Crippen LogP contribution in [-0.2, 0) is 0 Å². The number of hydrogen-bond donors (Lipinski definition) is 1. The molecule has 2 aromatic rings. The molecule has 0 amide bonds. The number of hydrogen-bond acceptors (Lipinski definition) is 5. The van der Waals surface area contributed by atoms with Crippen molar-refractivity contribution in [3.05, 3.63) is 17.5 Å². The van der Waals surface area contributed by atoms with E-state index in [-0.39, 0.29) is 5.82 Å². The molecule has 5 nitrogen and oxygen atoms in total. The Bertz CT molecular complexity index is 488. The van der Waals surface area contributed by atoms with Gasteiger partial charge in [0.05, 0.1) is 7.11 Å². The molecule has 72 valence electrons. The molecule has 0 aromatic carbocycles. The zero-order valence-corrected chi connectivity index (χ0v) is 8.12. The van der Waals surface area contributed by atoms with Crippen molar-refractivity contribution < 1.29 is 4.74 Å². The summed E-state index contributed by atoms with van der Waals surface area (Å²) in [5, 5.41) is 0.302. The molecular weight excluding hydrogens is 204 g/mol. The Balaban J connectivity index is 2.87. The number of ether oxygens (including phenoxy) is 1. The fourth-order valence-corrected chi connectivity index (χ4v) is 1.34. The second kappa shape index (κ2) is 3.26. The van der Waals surface area contributed by atoms with Gasteiger partial charge in [-0.25, -0.2) is 15.0 Å². The van der Waals surface area contributed by atoms with E-state index in [0.717, 1.165) is 0 Å².